The summed E-state index contributed by atoms with van der Waals surface area (Å²) in [6.45, 7) is -0.0996. The summed E-state index contributed by atoms with van der Waals surface area (Å²) in [6.07, 6.45) is 2.46. The number of nitrogens with one attached hydrogen (secondary N) is 1. The Labute approximate surface area is 276 Å². The highest BCUT2D eigenvalue weighted by atomic mass is 35.5. The first kappa shape index (κ1) is 31.1. The molecule has 2 saturated carbocycles. The number of morpholine rings is 1. The molecule has 7 rings (SSSR count). The van der Waals surface area contributed by atoms with Crippen LogP contribution in [0.1, 0.15) is 54.8 Å². The van der Waals surface area contributed by atoms with Crippen molar-refractivity contribution in [3.63, 3.8) is 0 Å². The SMILES string of the molecule is O=C1[C@H](Cc2ncn[nH]2)O[C@H](c2cccc(Cl)c2)[C@@H](c2ccc(Cl)cc2)N1C(CN(c1ccccc1F)S(=O)(=O)C1CC1)C1CC1. The fourth-order valence-electron chi connectivity index (χ4n) is 6.36. The Hall–Kier alpha value is -3.51. The highest BCUT2D eigenvalue weighted by Crippen LogP contribution is 2.49. The lowest BCUT2D eigenvalue weighted by atomic mass is 9.89. The number of aromatic amines is 1. The number of sulfonamides is 1. The van der Waals surface area contributed by atoms with Crippen LogP contribution in [-0.2, 0) is 26.0 Å². The average Bonchev–Trinajstić information content (AvgIpc) is 3.98. The number of amides is 1. The monoisotopic (exact) mass is 683 g/mol. The zero-order valence-electron chi connectivity index (χ0n) is 24.7. The fourth-order valence-corrected chi connectivity index (χ4v) is 8.56. The topological polar surface area (TPSA) is 108 Å². The van der Waals surface area contributed by atoms with Crippen molar-refractivity contribution in [3.05, 3.63) is 112 Å². The summed E-state index contributed by atoms with van der Waals surface area (Å²) >= 11 is 12.8. The third kappa shape index (κ3) is 6.25. The van der Waals surface area contributed by atoms with E-state index < -0.39 is 45.4 Å². The Kier molecular flexibility index (Phi) is 8.52. The summed E-state index contributed by atoms with van der Waals surface area (Å²) in [4.78, 5) is 20.8. The predicted molar refractivity (Wildman–Crippen MR) is 172 cm³/mol. The predicted octanol–water partition coefficient (Wildman–Crippen LogP) is 6.28. The summed E-state index contributed by atoms with van der Waals surface area (Å²) in [6, 6.07) is 19.1. The van der Waals surface area contributed by atoms with Gasteiger partial charge < -0.3 is 9.64 Å². The van der Waals surface area contributed by atoms with Gasteiger partial charge in [-0.2, -0.15) is 5.10 Å². The molecule has 3 aliphatic rings. The maximum absolute atomic E-state index is 15.4. The molecule has 13 heteroatoms. The molecule has 1 aliphatic heterocycles. The number of H-pyrrole nitrogens is 1. The van der Waals surface area contributed by atoms with Crippen LogP contribution < -0.4 is 4.31 Å². The molecule has 1 unspecified atom stereocenters. The Morgan fingerprint density at radius 3 is 2.39 bits per heavy atom. The lowest BCUT2D eigenvalue weighted by molar-refractivity contribution is -0.179. The van der Waals surface area contributed by atoms with Crippen molar-refractivity contribution in [2.75, 3.05) is 10.8 Å². The Bertz CT molecular complexity index is 1820. The van der Waals surface area contributed by atoms with Gasteiger partial charge in [-0.05, 0) is 79.1 Å². The number of benzene rings is 3. The van der Waals surface area contributed by atoms with Gasteiger partial charge in [0.1, 0.15) is 30.2 Å². The minimum absolute atomic E-state index is 0.00790. The van der Waals surface area contributed by atoms with Gasteiger partial charge >= 0.3 is 0 Å². The van der Waals surface area contributed by atoms with E-state index in [4.69, 9.17) is 27.9 Å². The molecule has 0 bridgehead atoms. The van der Waals surface area contributed by atoms with Gasteiger partial charge in [-0.15, -0.1) is 0 Å². The molecule has 240 valence electrons. The minimum Gasteiger partial charge on any atom is -0.357 e. The van der Waals surface area contributed by atoms with Gasteiger partial charge in [0, 0.05) is 16.5 Å². The zero-order chi connectivity index (χ0) is 32.0. The molecular formula is C33H32Cl2FN5O4S. The van der Waals surface area contributed by atoms with Crippen molar-refractivity contribution in [1.82, 2.24) is 20.1 Å². The van der Waals surface area contributed by atoms with E-state index in [1.165, 1.54) is 28.8 Å². The lowest BCUT2D eigenvalue weighted by Crippen LogP contribution is -2.59. The van der Waals surface area contributed by atoms with Crippen LogP contribution >= 0.6 is 23.2 Å². The van der Waals surface area contributed by atoms with E-state index in [1.807, 2.05) is 30.3 Å². The highest BCUT2D eigenvalue weighted by molar-refractivity contribution is 7.93. The molecule has 46 heavy (non-hydrogen) atoms. The second kappa shape index (κ2) is 12.6. The van der Waals surface area contributed by atoms with E-state index in [0.29, 0.717) is 28.7 Å². The summed E-state index contributed by atoms with van der Waals surface area (Å²) in [5.41, 5.74) is 1.49. The number of nitrogens with zero attached hydrogens (tertiary/aromatic N) is 4. The van der Waals surface area contributed by atoms with Crippen LogP contribution in [0.3, 0.4) is 0 Å². The standard InChI is InChI=1S/C33H32Cl2FN5O4S/c34-23-12-10-21(11-13-23)31-32(22-4-3-5-24(35)16-22)45-29(17-30-37-19-38-39-30)33(42)41(31)28(20-8-9-20)18-40(46(43,44)25-14-15-25)27-7-2-1-6-26(27)36/h1-7,10-13,16,19-20,25,28-29,31-32H,8-9,14-15,17-18H2,(H,37,38,39)/t28?,29-,31+,32+/m0/s1. The molecule has 2 aliphatic carbocycles. The summed E-state index contributed by atoms with van der Waals surface area (Å²) < 4.78 is 51.1. The third-order valence-corrected chi connectivity index (χ3v) is 11.7. The zero-order valence-corrected chi connectivity index (χ0v) is 27.0. The van der Waals surface area contributed by atoms with Crippen molar-refractivity contribution >= 4 is 44.8 Å². The molecule has 0 radical (unpaired) electrons. The summed E-state index contributed by atoms with van der Waals surface area (Å²) in [7, 11) is -3.91. The maximum atomic E-state index is 15.4. The number of carbonyl (C=O) groups excluding carboxylic acids is 1. The van der Waals surface area contributed by atoms with E-state index >= 15 is 4.39 Å². The van der Waals surface area contributed by atoms with Crippen LogP contribution in [0.4, 0.5) is 10.1 Å². The number of rotatable bonds is 11. The van der Waals surface area contributed by atoms with Crippen LogP contribution in [0.5, 0.6) is 0 Å². The van der Waals surface area contributed by atoms with Gasteiger partial charge in [0.15, 0.2) is 0 Å². The van der Waals surface area contributed by atoms with Crippen LogP contribution in [0.15, 0.2) is 79.1 Å². The second-order valence-corrected chi connectivity index (χ2v) is 15.1. The smallest absolute Gasteiger partial charge is 0.253 e. The molecule has 2 heterocycles. The molecule has 0 spiro atoms. The molecule has 1 aromatic heterocycles. The van der Waals surface area contributed by atoms with Crippen LogP contribution in [0, 0.1) is 11.7 Å². The van der Waals surface area contributed by atoms with E-state index in [-0.39, 0.29) is 30.5 Å². The van der Waals surface area contributed by atoms with Crippen LogP contribution in [0.2, 0.25) is 10.0 Å². The molecular weight excluding hydrogens is 652 g/mol. The van der Waals surface area contributed by atoms with Crippen LogP contribution in [0.25, 0.3) is 0 Å². The number of aromatic nitrogens is 3. The third-order valence-electron chi connectivity index (χ3n) is 8.91. The van der Waals surface area contributed by atoms with Crippen LogP contribution in [-0.4, -0.2) is 58.3 Å². The number of hydrogen-bond acceptors (Lipinski definition) is 6. The lowest BCUT2D eigenvalue weighted by Gasteiger charge is -2.49. The Morgan fingerprint density at radius 1 is 0.978 bits per heavy atom. The van der Waals surface area contributed by atoms with Gasteiger partial charge in [0.25, 0.3) is 5.91 Å². The minimum atomic E-state index is -3.91. The van der Waals surface area contributed by atoms with E-state index in [0.717, 1.165) is 24.0 Å². The number of anilines is 1. The molecule has 1 saturated heterocycles. The number of halogens is 3. The maximum Gasteiger partial charge on any atom is 0.253 e. The van der Waals surface area contributed by atoms with Crippen molar-refractivity contribution in [3.8, 4) is 0 Å². The molecule has 4 atom stereocenters. The molecule has 3 fully saturated rings. The second-order valence-electron chi connectivity index (χ2n) is 12.1. The normalized spacial score (nSPS) is 22.5. The van der Waals surface area contributed by atoms with Gasteiger partial charge in [-0.1, -0.05) is 59.6 Å². The highest BCUT2D eigenvalue weighted by Gasteiger charge is 2.52. The molecule has 1 N–H and O–H groups in total. The van der Waals surface area contributed by atoms with Crippen molar-refractivity contribution in [2.45, 2.75) is 61.6 Å². The molecule has 9 nitrogen and oxygen atoms in total. The molecule has 4 aromatic rings. The van der Waals surface area contributed by atoms with Crippen molar-refractivity contribution < 1.29 is 22.3 Å². The van der Waals surface area contributed by atoms with Gasteiger partial charge in [0.2, 0.25) is 10.0 Å². The molecule has 1 amide bonds. The van der Waals surface area contributed by atoms with Crippen molar-refractivity contribution in [2.24, 2.45) is 5.92 Å². The largest absolute Gasteiger partial charge is 0.357 e. The number of hydrogen-bond donors (Lipinski definition) is 1. The summed E-state index contributed by atoms with van der Waals surface area (Å²) in [5, 5.41) is 7.21. The molecule has 3 aromatic carbocycles. The van der Waals surface area contributed by atoms with Gasteiger partial charge in [0.05, 0.1) is 29.6 Å². The van der Waals surface area contributed by atoms with E-state index in [1.54, 1.807) is 29.2 Å². The quantitative estimate of drug-likeness (QED) is 0.199. The number of carbonyl (C=O) groups is 1. The van der Waals surface area contributed by atoms with Gasteiger partial charge in [-0.3, -0.25) is 14.2 Å². The van der Waals surface area contributed by atoms with Crippen molar-refractivity contribution in [1.29, 1.82) is 0 Å². The van der Waals surface area contributed by atoms with E-state index in [2.05, 4.69) is 15.2 Å². The fraction of sp³-hybridized carbons (Fsp3) is 0.364. The first-order valence-electron chi connectivity index (χ1n) is 15.3. The van der Waals surface area contributed by atoms with E-state index in [9.17, 15) is 13.2 Å². The Balaban J connectivity index is 1.37. The van der Waals surface area contributed by atoms with Gasteiger partial charge in [-0.25, -0.2) is 17.8 Å². The Morgan fingerprint density at radius 2 is 1.74 bits per heavy atom. The first-order chi connectivity index (χ1) is 22.2. The number of ether oxygens (including phenoxy) is 1. The first-order valence-corrected chi connectivity index (χ1v) is 17.6. The number of para-hydroxylation sites is 1. The average molecular weight is 685 g/mol. The summed E-state index contributed by atoms with van der Waals surface area (Å²) in [5.74, 6) is -0.487.